The van der Waals surface area contributed by atoms with Gasteiger partial charge in [0.2, 0.25) is 0 Å². The zero-order valence-corrected chi connectivity index (χ0v) is 14.3. The molecule has 0 saturated carbocycles. The van der Waals surface area contributed by atoms with Crippen LogP contribution in [0, 0.1) is 10.1 Å². The van der Waals surface area contributed by atoms with Gasteiger partial charge >= 0.3 is 0 Å². The number of sulfonamides is 1. The van der Waals surface area contributed by atoms with E-state index in [4.69, 9.17) is 0 Å². The number of nitro groups is 1. The number of anilines is 1. The molecule has 0 fully saturated rings. The predicted octanol–water partition coefficient (Wildman–Crippen LogP) is 2.72. The lowest BCUT2D eigenvalue weighted by molar-refractivity contribution is -0.387. The number of nitro benzene ring substituents is 1. The minimum absolute atomic E-state index is 0.111. The molecule has 10 heteroatoms. The lowest BCUT2D eigenvalue weighted by Crippen LogP contribution is -2.15. The van der Waals surface area contributed by atoms with Gasteiger partial charge in [0.15, 0.2) is 10.5 Å². The van der Waals surface area contributed by atoms with Crippen molar-refractivity contribution in [1.82, 2.24) is 14.8 Å². The molecule has 2 aromatic heterocycles. The summed E-state index contributed by atoms with van der Waals surface area (Å²) < 4.78 is 29.1. The van der Waals surface area contributed by atoms with Gasteiger partial charge in [-0.2, -0.15) is 5.10 Å². The third kappa shape index (κ3) is 3.15. The summed E-state index contributed by atoms with van der Waals surface area (Å²) in [6.45, 7) is 3.92. The first-order chi connectivity index (χ1) is 11.8. The lowest BCUT2D eigenvalue weighted by Gasteiger charge is -2.09. The van der Waals surface area contributed by atoms with Gasteiger partial charge in [0.05, 0.1) is 23.0 Å². The third-order valence-electron chi connectivity index (χ3n) is 3.53. The summed E-state index contributed by atoms with van der Waals surface area (Å²) in [5, 5.41) is 15.9. The summed E-state index contributed by atoms with van der Waals surface area (Å²) in [5.41, 5.74) is 0.342. The van der Waals surface area contributed by atoms with Crippen molar-refractivity contribution >= 4 is 32.4 Å². The molecule has 25 heavy (non-hydrogen) atoms. The molecule has 3 rings (SSSR count). The summed E-state index contributed by atoms with van der Waals surface area (Å²) in [7, 11) is -4.13. The number of pyridine rings is 1. The number of hydrogen-bond acceptors (Lipinski definition) is 6. The topological polar surface area (TPSA) is 120 Å². The summed E-state index contributed by atoms with van der Waals surface area (Å²) in [6.07, 6.45) is 2.94. The van der Waals surface area contributed by atoms with E-state index in [0.717, 1.165) is 6.07 Å². The van der Waals surface area contributed by atoms with E-state index >= 15 is 0 Å². The Hall–Kier alpha value is -3.01. The fourth-order valence-corrected chi connectivity index (χ4v) is 3.63. The Kier molecular flexibility index (Phi) is 4.13. The number of nitrogens with zero attached hydrogens (tertiary/aromatic N) is 4. The number of rotatable bonds is 5. The molecule has 0 aliphatic rings. The second-order valence-corrected chi connectivity index (χ2v) is 7.30. The molecule has 0 saturated heterocycles. The van der Waals surface area contributed by atoms with Gasteiger partial charge in [0, 0.05) is 17.5 Å². The van der Waals surface area contributed by atoms with Crippen molar-refractivity contribution in [2.45, 2.75) is 24.8 Å². The van der Waals surface area contributed by atoms with Gasteiger partial charge in [0.1, 0.15) is 0 Å². The Balaban J connectivity index is 1.99. The average Bonchev–Trinajstić information content (AvgIpc) is 2.97. The zero-order chi connectivity index (χ0) is 18.2. The van der Waals surface area contributed by atoms with Crippen LogP contribution in [0.4, 0.5) is 11.4 Å². The van der Waals surface area contributed by atoms with Gasteiger partial charge < -0.3 is 0 Å². The van der Waals surface area contributed by atoms with E-state index in [9.17, 15) is 18.5 Å². The van der Waals surface area contributed by atoms with E-state index in [-0.39, 0.29) is 11.7 Å². The fourth-order valence-electron chi connectivity index (χ4n) is 2.42. The highest BCUT2D eigenvalue weighted by atomic mass is 32.2. The van der Waals surface area contributed by atoms with E-state index in [2.05, 4.69) is 14.8 Å². The van der Waals surface area contributed by atoms with Crippen LogP contribution in [0.25, 0.3) is 11.0 Å². The fraction of sp³-hybridized carbons (Fsp3) is 0.200. The maximum atomic E-state index is 12.5. The van der Waals surface area contributed by atoms with Crippen LogP contribution < -0.4 is 4.72 Å². The quantitative estimate of drug-likeness (QED) is 0.551. The monoisotopic (exact) mass is 361 g/mol. The predicted molar refractivity (Wildman–Crippen MR) is 91.8 cm³/mol. The van der Waals surface area contributed by atoms with E-state index in [1.165, 1.54) is 24.4 Å². The molecule has 2 heterocycles. The van der Waals surface area contributed by atoms with Crippen molar-refractivity contribution in [1.29, 1.82) is 0 Å². The molecule has 1 N–H and O–H groups in total. The van der Waals surface area contributed by atoms with Gasteiger partial charge in [-0.05, 0) is 26.0 Å². The summed E-state index contributed by atoms with van der Waals surface area (Å²) in [6, 6.07) is 6.85. The molecular weight excluding hydrogens is 346 g/mol. The van der Waals surface area contributed by atoms with Crippen molar-refractivity contribution < 1.29 is 13.3 Å². The van der Waals surface area contributed by atoms with Gasteiger partial charge in [-0.3, -0.25) is 14.8 Å². The van der Waals surface area contributed by atoms with Gasteiger partial charge in [-0.15, -0.1) is 0 Å². The number of benzene rings is 1. The summed E-state index contributed by atoms with van der Waals surface area (Å²) in [5.74, 6) is 0. The van der Waals surface area contributed by atoms with E-state index in [0.29, 0.717) is 11.0 Å². The summed E-state index contributed by atoms with van der Waals surface area (Å²) in [4.78, 5) is 14.2. The van der Waals surface area contributed by atoms with Gasteiger partial charge in [-0.1, -0.05) is 12.1 Å². The second-order valence-electron chi connectivity index (χ2n) is 5.65. The Morgan fingerprint density at radius 3 is 2.64 bits per heavy atom. The van der Waals surface area contributed by atoms with Crippen molar-refractivity contribution in [2.75, 3.05) is 4.72 Å². The molecule has 0 aliphatic heterocycles. The van der Waals surface area contributed by atoms with Crippen LogP contribution in [-0.2, 0) is 10.0 Å². The van der Waals surface area contributed by atoms with Crippen molar-refractivity contribution in [3.63, 3.8) is 0 Å². The van der Waals surface area contributed by atoms with Crippen LogP contribution >= 0.6 is 0 Å². The first-order valence-corrected chi connectivity index (χ1v) is 8.87. The molecule has 0 radical (unpaired) electrons. The molecule has 9 nitrogen and oxygen atoms in total. The normalized spacial score (nSPS) is 11.8. The first-order valence-electron chi connectivity index (χ1n) is 7.39. The molecule has 130 valence electrons. The lowest BCUT2D eigenvalue weighted by atomic mass is 10.3. The van der Waals surface area contributed by atoms with Crippen LogP contribution in [0.15, 0.2) is 47.6 Å². The molecular formula is C15H15N5O4S. The molecule has 0 amide bonds. The number of hydrogen-bond donors (Lipinski definition) is 1. The van der Waals surface area contributed by atoms with Gasteiger partial charge in [-0.25, -0.2) is 18.1 Å². The molecule has 0 aliphatic carbocycles. The maximum absolute atomic E-state index is 12.5. The summed E-state index contributed by atoms with van der Waals surface area (Å²) >= 11 is 0. The molecule has 0 bridgehead atoms. The number of aromatic nitrogens is 3. The molecule has 1 aromatic carbocycles. The largest absolute Gasteiger partial charge is 0.289 e. The van der Waals surface area contributed by atoms with Gasteiger partial charge in [0.25, 0.3) is 15.7 Å². The second kappa shape index (κ2) is 6.13. The molecule has 3 aromatic rings. The van der Waals surface area contributed by atoms with Crippen LogP contribution in [0.2, 0.25) is 0 Å². The highest BCUT2D eigenvalue weighted by molar-refractivity contribution is 7.92. The Labute approximate surface area is 143 Å². The van der Waals surface area contributed by atoms with Crippen molar-refractivity contribution in [2.24, 2.45) is 0 Å². The number of para-hydroxylation sites is 1. The smallest absolute Gasteiger partial charge is 0.278 e. The van der Waals surface area contributed by atoms with E-state index in [1.54, 1.807) is 16.9 Å². The third-order valence-corrected chi connectivity index (χ3v) is 4.95. The van der Waals surface area contributed by atoms with Crippen molar-refractivity contribution in [3.05, 3.63) is 52.8 Å². The zero-order valence-electron chi connectivity index (χ0n) is 13.4. The van der Waals surface area contributed by atoms with Crippen LogP contribution in [0.1, 0.15) is 19.9 Å². The number of nitrogens with one attached hydrogen (secondary N) is 1. The van der Waals surface area contributed by atoms with Crippen LogP contribution in [0.3, 0.4) is 0 Å². The Bertz CT molecular complexity index is 1060. The molecule has 0 unspecified atom stereocenters. The Morgan fingerprint density at radius 2 is 1.96 bits per heavy atom. The SMILES string of the molecule is CC(C)n1ncc2cc(NS(=O)(=O)c3ccccc3[N+](=O)[O-])cnc21. The number of fused-ring (bicyclic) bond motifs is 1. The van der Waals surface area contributed by atoms with Crippen molar-refractivity contribution in [3.8, 4) is 0 Å². The van der Waals surface area contributed by atoms with Crippen LogP contribution in [-0.4, -0.2) is 28.1 Å². The molecule has 0 spiro atoms. The highest BCUT2D eigenvalue weighted by Crippen LogP contribution is 2.26. The highest BCUT2D eigenvalue weighted by Gasteiger charge is 2.25. The first kappa shape index (κ1) is 16.8. The Morgan fingerprint density at radius 1 is 1.24 bits per heavy atom. The maximum Gasteiger partial charge on any atom is 0.289 e. The minimum atomic E-state index is -4.13. The van der Waals surface area contributed by atoms with Crippen LogP contribution in [0.5, 0.6) is 0 Å². The van der Waals surface area contributed by atoms with E-state index in [1.807, 2.05) is 13.8 Å². The average molecular weight is 361 g/mol. The molecule has 0 atom stereocenters. The minimum Gasteiger partial charge on any atom is -0.278 e. The standard InChI is InChI=1S/C15H15N5O4S/c1-10(2)19-15-11(8-17-19)7-12(9-16-15)18-25(23,24)14-6-4-3-5-13(14)20(21)22/h3-10,18H,1-2H3. The van der Waals surface area contributed by atoms with E-state index < -0.39 is 25.5 Å².